The molecule has 0 saturated carbocycles. The molecule has 0 spiro atoms. The summed E-state index contributed by atoms with van der Waals surface area (Å²) >= 11 is 0. The van der Waals surface area contributed by atoms with Crippen LogP contribution in [-0.2, 0) is 14.8 Å². The van der Waals surface area contributed by atoms with Crippen LogP contribution in [0.15, 0.2) is 23.1 Å². The summed E-state index contributed by atoms with van der Waals surface area (Å²) < 4.78 is 32.8. The number of methoxy groups -OCH3 is 1. The van der Waals surface area contributed by atoms with Crippen molar-refractivity contribution >= 4 is 15.7 Å². The Morgan fingerprint density at radius 2 is 2.22 bits per heavy atom. The van der Waals surface area contributed by atoms with Gasteiger partial charge in [-0.1, -0.05) is 0 Å². The van der Waals surface area contributed by atoms with E-state index >= 15 is 0 Å². The zero-order valence-corrected chi connectivity index (χ0v) is 14.0. The van der Waals surface area contributed by atoms with Crippen LogP contribution in [0, 0.1) is 17.0 Å². The van der Waals surface area contributed by atoms with Crippen LogP contribution in [0.5, 0.6) is 0 Å². The topological polar surface area (TPSA) is 111 Å². The van der Waals surface area contributed by atoms with Crippen molar-refractivity contribution in [3.8, 4) is 0 Å². The number of nitro benzene ring substituents is 1. The number of benzene rings is 1. The third-order valence-corrected chi connectivity index (χ3v) is 5.57. The smallest absolute Gasteiger partial charge is 0.269 e. The lowest BCUT2D eigenvalue weighted by Gasteiger charge is -2.29. The zero-order valence-electron chi connectivity index (χ0n) is 13.2. The molecule has 1 aromatic rings. The molecular formula is C14H21N3O5S. The third-order valence-electron chi connectivity index (χ3n) is 4.01. The van der Waals surface area contributed by atoms with Gasteiger partial charge in [0.15, 0.2) is 0 Å². The number of nitrogens with one attached hydrogen (secondary N) is 2. The molecule has 128 valence electrons. The number of ether oxygens (including phenoxy) is 1. The highest BCUT2D eigenvalue weighted by Crippen LogP contribution is 2.23. The molecule has 2 rings (SSSR count). The molecule has 0 radical (unpaired) electrons. The molecule has 1 atom stereocenters. The van der Waals surface area contributed by atoms with Gasteiger partial charge in [0.05, 0.1) is 22.0 Å². The molecule has 1 fully saturated rings. The van der Waals surface area contributed by atoms with Gasteiger partial charge in [-0.05, 0) is 37.9 Å². The van der Waals surface area contributed by atoms with Crippen LogP contribution in [0.3, 0.4) is 0 Å². The van der Waals surface area contributed by atoms with Crippen molar-refractivity contribution in [1.29, 1.82) is 0 Å². The Kier molecular flexibility index (Phi) is 5.35. The Balaban J connectivity index is 2.17. The molecule has 0 bridgehead atoms. The van der Waals surface area contributed by atoms with Gasteiger partial charge >= 0.3 is 0 Å². The maximum Gasteiger partial charge on any atom is 0.269 e. The number of sulfonamides is 1. The van der Waals surface area contributed by atoms with Gasteiger partial charge in [0.25, 0.3) is 5.69 Å². The SMILES string of the molecule is COCC1(CNS(=O)(=O)c2ccc([N+](=O)[O-])cc2C)CCCN1. The Morgan fingerprint density at radius 1 is 1.48 bits per heavy atom. The average molecular weight is 343 g/mol. The highest BCUT2D eigenvalue weighted by atomic mass is 32.2. The van der Waals surface area contributed by atoms with Gasteiger partial charge in [0.1, 0.15) is 0 Å². The van der Waals surface area contributed by atoms with E-state index in [2.05, 4.69) is 10.0 Å². The summed E-state index contributed by atoms with van der Waals surface area (Å²) in [6, 6.07) is 3.72. The minimum absolute atomic E-state index is 0.0497. The Morgan fingerprint density at radius 3 is 2.74 bits per heavy atom. The summed E-state index contributed by atoms with van der Waals surface area (Å²) in [7, 11) is -2.17. The molecule has 1 aliphatic heterocycles. The van der Waals surface area contributed by atoms with Gasteiger partial charge in [0, 0.05) is 25.8 Å². The van der Waals surface area contributed by atoms with Gasteiger partial charge in [-0.2, -0.15) is 0 Å². The van der Waals surface area contributed by atoms with Crippen LogP contribution in [0.2, 0.25) is 0 Å². The maximum atomic E-state index is 12.5. The molecule has 8 nitrogen and oxygen atoms in total. The summed E-state index contributed by atoms with van der Waals surface area (Å²) in [5.41, 5.74) is -0.196. The second-order valence-corrected chi connectivity index (χ2v) is 7.51. The Labute approximate surface area is 135 Å². The van der Waals surface area contributed by atoms with E-state index in [4.69, 9.17) is 4.74 Å². The van der Waals surface area contributed by atoms with Crippen molar-refractivity contribution < 1.29 is 18.1 Å². The molecule has 0 aliphatic carbocycles. The molecule has 1 aliphatic rings. The van der Waals surface area contributed by atoms with Crippen molar-refractivity contribution in [1.82, 2.24) is 10.0 Å². The number of aryl methyl sites for hydroxylation is 1. The van der Waals surface area contributed by atoms with Crippen molar-refractivity contribution in [2.24, 2.45) is 0 Å². The first-order valence-corrected chi connectivity index (χ1v) is 8.77. The van der Waals surface area contributed by atoms with Gasteiger partial charge in [-0.25, -0.2) is 13.1 Å². The minimum Gasteiger partial charge on any atom is -0.383 e. The summed E-state index contributed by atoms with van der Waals surface area (Å²) in [6.07, 6.45) is 1.78. The first-order chi connectivity index (χ1) is 10.8. The zero-order chi connectivity index (χ0) is 17.1. The number of non-ortho nitro benzene ring substituents is 1. The predicted molar refractivity (Wildman–Crippen MR) is 84.9 cm³/mol. The highest BCUT2D eigenvalue weighted by Gasteiger charge is 2.35. The molecule has 23 heavy (non-hydrogen) atoms. The van der Waals surface area contributed by atoms with Crippen molar-refractivity contribution in [3.63, 3.8) is 0 Å². The van der Waals surface area contributed by atoms with E-state index in [9.17, 15) is 18.5 Å². The van der Waals surface area contributed by atoms with E-state index in [-0.39, 0.29) is 17.1 Å². The van der Waals surface area contributed by atoms with Gasteiger partial charge < -0.3 is 10.1 Å². The fourth-order valence-corrected chi connectivity index (χ4v) is 4.18. The molecule has 0 aromatic heterocycles. The fourth-order valence-electron chi connectivity index (χ4n) is 2.83. The van der Waals surface area contributed by atoms with E-state index in [0.29, 0.717) is 12.2 Å². The lowest BCUT2D eigenvalue weighted by Crippen LogP contribution is -2.52. The summed E-state index contributed by atoms with van der Waals surface area (Å²) in [5.74, 6) is 0. The van der Waals surface area contributed by atoms with Crippen molar-refractivity contribution in [3.05, 3.63) is 33.9 Å². The number of rotatable bonds is 7. The van der Waals surface area contributed by atoms with Crippen LogP contribution >= 0.6 is 0 Å². The molecule has 1 aromatic carbocycles. The van der Waals surface area contributed by atoms with Gasteiger partial charge in [-0.3, -0.25) is 10.1 Å². The van der Waals surface area contributed by atoms with E-state index in [1.165, 1.54) is 18.2 Å². The minimum atomic E-state index is -3.75. The first-order valence-electron chi connectivity index (χ1n) is 7.28. The lowest BCUT2D eigenvalue weighted by molar-refractivity contribution is -0.385. The van der Waals surface area contributed by atoms with E-state index < -0.39 is 20.5 Å². The van der Waals surface area contributed by atoms with E-state index in [1.54, 1.807) is 14.0 Å². The number of hydrogen-bond acceptors (Lipinski definition) is 6. The van der Waals surface area contributed by atoms with Crippen LogP contribution in [0.1, 0.15) is 18.4 Å². The van der Waals surface area contributed by atoms with E-state index in [0.717, 1.165) is 19.4 Å². The van der Waals surface area contributed by atoms with Gasteiger partial charge in [0.2, 0.25) is 10.0 Å². The van der Waals surface area contributed by atoms with Crippen LogP contribution in [0.25, 0.3) is 0 Å². The second-order valence-electron chi connectivity index (χ2n) is 5.78. The number of nitrogens with zero attached hydrogens (tertiary/aromatic N) is 1. The molecule has 9 heteroatoms. The molecular weight excluding hydrogens is 322 g/mol. The third kappa shape index (κ3) is 4.05. The summed E-state index contributed by atoms with van der Waals surface area (Å²) in [5, 5.41) is 14.0. The van der Waals surface area contributed by atoms with Crippen LogP contribution < -0.4 is 10.0 Å². The molecule has 0 amide bonds. The average Bonchev–Trinajstić information content (AvgIpc) is 2.94. The fraction of sp³-hybridized carbons (Fsp3) is 0.571. The molecule has 1 unspecified atom stereocenters. The Hall–Kier alpha value is -1.55. The summed E-state index contributed by atoms with van der Waals surface area (Å²) in [4.78, 5) is 10.2. The highest BCUT2D eigenvalue weighted by molar-refractivity contribution is 7.89. The van der Waals surface area contributed by atoms with Crippen LogP contribution in [-0.4, -0.2) is 45.7 Å². The molecule has 1 saturated heterocycles. The standard InChI is InChI=1S/C14H21N3O5S/c1-11-8-12(17(18)19)4-5-13(11)23(20,21)16-9-14(10-22-2)6-3-7-15-14/h4-5,8,15-16H,3,6-7,9-10H2,1-2H3. The predicted octanol–water partition coefficient (Wildman–Crippen LogP) is 0.950. The Bertz CT molecular complexity index is 684. The maximum absolute atomic E-state index is 12.5. The quantitative estimate of drug-likeness (QED) is 0.563. The second kappa shape index (κ2) is 6.91. The van der Waals surface area contributed by atoms with Crippen molar-refractivity contribution in [2.45, 2.75) is 30.2 Å². The first kappa shape index (κ1) is 17.8. The van der Waals surface area contributed by atoms with Crippen molar-refractivity contribution in [2.75, 3.05) is 26.8 Å². The van der Waals surface area contributed by atoms with E-state index in [1.807, 2.05) is 0 Å². The summed E-state index contributed by atoms with van der Waals surface area (Å²) in [6.45, 7) is 2.98. The molecule has 2 N–H and O–H groups in total. The monoisotopic (exact) mass is 343 g/mol. The van der Waals surface area contributed by atoms with Crippen LogP contribution in [0.4, 0.5) is 5.69 Å². The largest absolute Gasteiger partial charge is 0.383 e. The lowest BCUT2D eigenvalue weighted by atomic mass is 9.99. The van der Waals surface area contributed by atoms with Gasteiger partial charge in [-0.15, -0.1) is 0 Å². The normalized spacial score (nSPS) is 21.5. The number of hydrogen-bond donors (Lipinski definition) is 2. The number of nitro groups is 1. The molecule has 1 heterocycles.